The zero-order valence-electron chi connectivity index (χ0n) is 12.7. The average molecular weight is 292 g/mol. The third-order valence-corrected chi connectivity index (χ3v) is 4.06. The Morgan fingerprint density at radius 3 is 2.48 bits per heavy atom. The van der Waals surface area contributed by atoms with E-state index >= 15 is 0 Å². The molecule has 1 fully saturated rings. The number of ether oxygens (including phenoxy) is 3. The van der Waals surface area contributed by atoms with Gasteiger partial charge >= 0.3 is 0 Å². The first kappa shape index (κ1) is 14.6. The highest BCUT2D eigenvalue weighted by atomic mass is 16.6. The second-order valence-electron chi connectivity index (χ2n) is 5.51. The molecule has 2 aliphatic rings. The van der Waals surface area contributed by atoms with Gasteiger partial charge < -0.3 is 24.4 Å². The fourth-order valence-electron chi connectivity index (χ4n) is 2.93. The lowest BCUT2D eigenvalue weighted by Gasteiger charge is -2.28. The molecular weight excluding hydrogens is 268 g/mol. The van der Waals surface area contributed by atoms with Gasteiger partial charge in [-0.15, -0.1) is 0 Å². The van der Waals surface area contributed by atoms with Crippen LogP contribution in [0, 0.1) is 0 Å². The average Bonchev–Trinajstić information content (AvgIpc) is 2.55. The third kappa shape index (κ3) is 3.48. The Morgan fingerprint density at radius 2 is 1.76 bits per heavy atom. The molecule has 0 unspecified atom stereocenters. The van der Waals surface area contributed by atoms with Gasteiger partial charge in [0.05, 0.1) is 6.61 Å². The van der Waals surface area contributed by atoms with Crippen molar-refractivity contribution in [2.45, 2.75) is 13.0 Å². The summed E-state index contributed by atoms with van der Waals surface area (Å²) in [4.78, 5) is 2.50. The van der Waals surface area contributed by atoms with E-state index in [0.29, 0.717) is 19.8 Å². The minimum Gasteiger partial charge on any atom is -0.486 e. The van der Waals surface area contributed by atoms with Gasteiger partial charge in [-0.25, -0.2) is 0 Å². The first-order chi connectivity index (χ1) is 10.4. The van der Waals surface area contributed by atoms with E-state index in [-0.39, 0.29) is 0 Å². The van der Waals surface area contributed by atoms with E-state index in [0.717, 1.165) is 56.2 Å². The Balaban J connectivity index is 1.72. The molecule has 1 aromatic rings. The molecular formula is C16H24N2O3. The summed E-state index contributed by atoms with van der Waals surface area (Å²) in [6.45, 7) is 7.30. The van der Waals surface area contributed by atoms with Crippen LogP contribution in [0.15, 0.2) is 12.1 Å². The number of hydrogen-bond donors (Lipinski definition) is 1. The van der Waals surface area contributed by atoms with Crippen LogP contribution < -0.4 is 14.8 Å². The van der Waals surface area contributed by atoms with Crippen LogP contribution in [-0.2, 0) is 17.8 Å². The first-order valence-electron chi connectivity index (χ1n) is 7.71. The zero-order valence-corrected chi connectivity index (χ0v) is 12.7. The highest BCUT2D eigenvalue weighted by molar-refractivity contribution is 5.52. The predicted octanol–water partition coefficient (Wildman–Crippen LogP) is 1.05. The summed E-state index contributed by atoms with van der Waals surface area (Å²) in [6, 6.07) is 4.26. The van der Waals surface area contributed by atoms with Crippen molar-refractivity contribution in [2.75, 3.05) is 53.0 Å². The largest absolute Gasteiger partial charge is 0.486 e. The molecule has 0 saturated carbocycles. The lowest BCUT2D eigenvalue weighted by molar-refractivity contribution is 0.151. The maximum atomic E-state index is 5.87. The number of nitrogens with zero attached hydrogens (tertiary/aromatic N) is 1. The van der Waals surface area contributed by atoms with Gasteiger partial charge in [0, 0.05) is 45.4 Å². The molecule has 0 bridgehead atoms. The summed E-state index contributed by atoms with van der Waals surface area (Å²) in [7, 11) is 1.70. The van der Waals surface area contributed by atoms with E-state index in [4.69, 9.17) is 14.2 Å². The molecule has 1 N–H and O–H groups in total. The van der Waals surface area contributed by atoms with Gasteiger partial charge in [-0.2, -0.15) is 0 Å². The highest BCUT2D eigenvalue weighted by Gasteiger charge is 2.20. The third-order valence-electron chi connectivity index (χ3n) is 4.06. The lowest BCUT2D eigenvalue weighted by atomic mass is 10.0. The van der Waals surface area contributed by atoms with Crippen molar-refractivity contribution in [2.24, 2.45) is 0 Å². The van der Waals surface area contributed by atoms with Gasteiger partial charge in [0.2, 0.25) is 0 Å². The molecule has 0 aromatic heterocycles. The minimum atomic E-state index is 0.559. The number of fused-ring (bicyclic) bond motifs is 1. The van der Waals surface area contributed by atoms with Crippen LogP contribution in [0.4, 0.5) is 0 Å². The topological polar surface area (TPSA) is 43.0 Å². The van der Waals surface area contributed by atoms with Crippen molar-refractivity contribution in [3.63, 3.8) is 0 Å². The summed E-state index contributed by atoms with van der Waals surface area (Å²) in [6.07, 6.45) is 0.999. The SMILES string of the molecule is COCc1ccc(CCN2CCNCC2)c2c1OCCO2. The molecule has 5 nitrogen and oxygen atoms in total. The summed E-state index contributed by atoms with van der Waals surface area (Å²) >= 11 is 0. The molecule has 21 heavy (non-hydrogen) atoms. The van der Waals surface area contributed by atoms with Crippen molar-refractivity contribution in [3.8, 4) is 11.5 Å². The van der Waals surface area contributed by atoms with Gasteiger partial charge in [-0.1, -0.05) is 12.1 Å². The van der Waals surface area contributed by atoms with E-state index in [1.165, 1.54) is 5.56 Å². The number of nitrogens with one attached hydrogen (secondary N) is 1. The first-order valence-corrected chi connectivity index (χ1v) is 7.71. The number of hydrogen-bond acceptors (Lipinski definition) is 5. The van der Waals surface area contributed by atoms with E-state index < -0.39 is 0 Å². The predicted molar refractivity (Wildman–Crippen MR) is 81.2 cm³/mol. The molecule has 0 radical (unpaired) electrons. The van der Waals surface area contributed by atoms with Gasteiger partial charge in [0.15, 0.2) is 11.5 Å². The quantitative estimate of drug-likeness (QED) is 0.879. The van der Waals surface area contributed by atoms with E-state index in [1.54, 1.807) is 7.11 Å². The Hall–Kier alpha value is -1.30. The summed E-state index contributed by atoms with van der Waals surface area (Å²) in [5.41, 5.74) is 2.31. The van der Waals surface area contributed by atoms with Crippen molar-refractivity contribution >= 4 is 0 Å². The van der Waals surface area contributed by atoms with E-state index in [2.05, 4.69) is 22.3 Å². The monoisotopic (exact) mass is 292 g/mol. The van der Waals surface area contributed by atoms with Crippen molar-refractivity contribution in [1.82, 2.24) is 10.2 Å². The smallest absolute Gasteiger partial charge is 0.167 e. The van der Waals surface area contributed by atoms with Crippen molar-refractivity contribution < 1.29 is 14.2 Å². The molecule has 1 aromatic carbocycles. The Morgan fingerprint density at radius 1 is 1.10 bits per heavy atom. The minimum absolute atomic E-state index is 0.559. The molecule has 0 spiro atoms. The molecule has 5 heteroatoms. The molecule has 116 valence electrons. The standard InChI is InChI=1S/C16H24N2O3/c1-19-12-14-3-2-13(15-16(14)21-11-10-20-15)4-7-18-8-5-17-6-9-18/h2-3,17H,4-12H2,1H3. The van der Waals surface area contributed by atoms with Gasteiger partial charge in [0.25, 0.3) is 0 Å². The highest BCUT2D eigenvalue weighted by Crippen LogP contribution is 2.38. The van der Waals surface area contributed by atoms with Crippen LogP contribution in [0.25, 0.3) is 0 Å². The second-order valence-corrected chi connectivity index (χ2v) is 5.51. The summed E-state index contributed by atoms with van der Waals surface area (Å²) < 4.78 is 16.9. The molecule has 0 amide bonds. The molecule has 3 rings (SSSR count). The van der Waals surface area contributed by atoms with Crippen LogP contribution in [-0.4, -0.2) is 57.9 Å². The summed E-state index contributed by atoms with van der Waals surface area (Å²) in [5, 5.41) is 3.38. The summed E-state index contributed by atoms with van der Waals surface area (Å²) in [5.74, 6) is 1.80. The zero-order chi connectivity index (χ0) is 14.5. The number of rotatable bonds is 5. The lowest BCUT2D eigenvalue weighted by Crippen LogP contribution is -2.44. The van der Waals surface area contributed by atoms with E-state index in [1.807, 2.05) is 0 Å². The van der Waals surface area contributed by atoms with Gasteiger partial charge in [-0.3, -0.25) is 0 Å². The normalized spacial score (nSPS) is 18.7. The van der Waals surface area contributed by atoms with Crippen molar-refractivity contribution in [1.29, 1.82) is 0 Å². The van der Waals surface area contributed by atoms with Crippen molar-refractivity contribution in [3.05, 3.63) is 23.3 Å². The van der Waals surface area contributed by atoms with E-state index in [9.17, 15) is 0 Å². The van der Waals surface area contributed by atoms with Crippen LogP contribution in [0.3, 0.4) is 0 Å². The Bertz CT molecular complexity index is 473. The van der Waals surface area contributed by atoms with Crippen LogP contribution in [0.2, 0.25) is 0 Å². The van der Waals surface area contributed by atoms with Crippen LogP contribution >= 0.6 is 0 Å². The number of benzene rings is 1. The maximum absolute atomic E-state index is 5.87. The fourth-order valence-corrected chi connectivity index (χ4v) is 2.93. The van der Waals surface area contributed by atoms with Gasteiger partial charge in [-0.05, 0) is 12.0 Å². The second kappa shape index (κ2) is 7.11. The maximum Gasteiger partial charge on any atom is 0.167 e. The molecule has 0 atom stereocenters. The fraction of sp³-hybridized carbons (Fsp3) is 0.625. The Kier molecular flexibility index (Phi) is 4.95. The molecule has 0 aliphatic carbocycles. The molecule has 1 saturated heterocycles. The Labute approximate surface area is 126 Å². The number of methoxy groups -OCH3 is 1. The molecule has 2 heterocycles. The van der Waals surface area contributed by atoms with Crippen LogP contribution in [0.1, 0.15) is 11.1 Å². The molecule has 2 aliphatic heterocycles. The van der Waals surface area contributed by atoms with Crippen LogP contribution in [0.5, 0.6) is 11.5 Å². The number of piperazine rings is 1. The van der Waals surface area contributed by atoms with Gasteiger partial charge in [0.1, 0.15) is 13.2 Å².